The molecule has 4 aromatic rings. The van der Waals surface area contributed by atoms with Gasteiger partial charge in [-0.15, -0.1) is 0 Å². The molecule has 0 aliphatic rings. The average molecular weight is 568 g/mol. The molecule has 4 rings (SSSR count). The monoisotopic (exact) mass is 567 g/mol. The zero-order valence-corrected chi connectivity index (χ0v) is 24.3. The molecule has 7 heteroatoms. The number of ether oxygens (including phenoxy) is 2. The van der Waals surface area contributed by atoms with Crippen molar-refractivity contribution in [3.8, 4) is 11.5 Å². The maximum absolute atomic E-state index is 12.9. The van der Waals surface area contributed by atoms with Gasteiger partial charge in [-0.1, -0.05) is 98.5 Å². The van der Waals surface area contributed by atoms with Crippen molar-refractivity contribution in [2.45, 2.75) is 57.6 Å². The van der Waals surface area contributed by atoms with Gasteiger partial charge in [0.05, 0.1) is 6.61 Å². The molecule has 1 amide bonds. The van der Waals surface area contributed by atoms with E-state index < -0.39 is 6.04 Å². The molecule has 0 heterocycles. The lowest BCUT2D eigenvalue weighted by atomic mass is 9.98. The molecule has 0 radical (unpaired) electrons. The van der Waals surface area contributed by atoms with Gasteiger partial charge in [0.15, 0.2) is 6.04 Å². The van der Waals surface area contributed by atoms with E-state index in [1.165, 1.54) is 0 Å². The lowest BCUT2D eigenvalue weighted by Gasteiger charge is -2.14. The minimum atomic E-state index is -0.529. The first-order chi connectivity index (χ1) is 20.6. The third-order valence-corrected chi connectivity index (χ3v) is 7.17. The molecule has 1 unspecified atom stereocenters. The summed E-state index contributed by atoms with van der Waals surface area (Å²) in [6.07, 6.45) is 6.91. The Bertz CT molecular complexity index is 1400. The van der Waals surface area contributed by atoms with Gasteiger partial charge in [-0.05, 0) is 59.0 Å². The van der Waals surface area contributed by atoms with Crippen LogP contribution < -0.4 is 31.3 Å². The molecule has 6 N–H and O–H groups in total. The normalized spacial score (nSPS) is 11.5. The van der Waals surface area contributed by atoms with Crippen molar-refractivity contribution < 1.29 is 19.3 Å². The van der Waals surface area contributed by atoms with Crippen molar-refractivity contribution in [2.75, 3.05) is 13.2 Å². The van der Waals surface area contributed by atoms with E-state index in [0.29, 0.717) is 26.2 Å². The van der Waals surface area contributed by atoms with Gasteiger partial charge in [-0.3, -0.25) is 21.3 Å². The van der Waals surface area contributed by atoms with Crippen LogP contribution in [0.4, 0.5) is 0 Å². The quantitative estimate of drug-likeness (QED) is 0.0867. The van der Waals surface area contributed by atoms with Gasteiger partial charge in [0.2, 0.25) is 0 Å². The first kappa shape index (κ1) is 30.4. The summed E-state index contributed by atoms with van der Waals surface area (Å²) < 4.78 is 11.7. The Labute approximate surface area is 248 Å². The summed E-state index contributed by atoms with van der Waals surface area (Å²) in [7, 11) is 0. The molecule has 0 fully saturated rings. The first-order valence-electron chi connectivity index (χ1n) is 14.9. The third-order valence-electron chi connectivity index (χ3n) is 7.17. The second kappa shape index (κ2) is 16.7. The Kier molecular flexibility index (Phi) is 12.1. The van der Waals surface area contributed by atoms with Crippen molar-refractivity contribution in [3.05, 3.63) is 108 Å². The summed E-state index contributed by atoms with van der Waals surface area (Å²) in [5, 5.41) is 5.32. The van der Waals surface area contributed by atoms with Crippen molar-refractivity contribution in [3.63, 3.8) is 0 Å². The van der Waals surface area contributed by atoms with Crippen molar-refractivity contribution in [2.24, 2.45) is 11.5 Å². The Morgan fingerprint density at radius 3 is 2.12 bits per heavy atom. The highest BCUT2D eigenvalue weighted by Gasteiger charge is 2.20. The number of benzene rings is 4. The molecule has 0 saturated heterocycles. The van der Waals surface area contributed by atoms with E-state index in [0.717, 1.165) is 71.9 Å². The van der Waals surface area contributed by atoms with Gasteiger partial charge in [0.25, 0.3) is 5.91 Å². The van der Waals surface area contributed by atoms with Crippen LogP contribution in [0.5, 0.6) is 11.5 Å². The van der Waals surface area contributed by atoms with E-state index >= 15 is 0 Å². The average Bonchev–Trinajstić information content (AvgIpc) is 3.01. The fraction of sp³-hybridized carbons (Fsp3) is 0.314. The second-order valence-corrected chi connectivity index (χ2v) is 10.5. The molecule has 0 saturated carbocycles. The fourth-order valence-corrected chi connectivity index (χ4v) is 4.93. The summed E-state index contributed by atoms with van der Waals surface area (Å²) in [6.45, 7) is 1.89. The van der Waals surface area contributed by atoms with Crippen LogP contribution in [0.25, 0.3) is 10.8 Å². The van der Waals surface area contributed by atoms with Crippen LogP contribution >= 0.6 is 0 Å². The molecule has 4 aromatic carbocycles. The standard InChI is InChI=1S/C35H42N4O3/c36-35(37)39-33(25-29-17-12-16-28-15-8-9-18-32(28)29)34(40)38-23-10-3-1-2-4-11-24-41-30-19-21-31(22-20-30)42-26-27-13-6-5-7-14-27/h5-9,12-22,33H,1-4,10-11,23-26H2,(H,38,40)(H4,36,37,39)/p+1. The number of hydrogen-bond donors (Lipinski definition) is 4. The van der Waals surface area contributed by atoms with Crippen LogP contribution in [0.3, 0.4) is 0 Å². The number of amides is 1. The summed E-state index contributed by atoms with van der Waals surface area (Å²) in [5.74, 6) is 1.65. The maximum Gasteiger partial charge on any atom is 0.339 e. The summed E-state index contributed by atoms with van der Waals surface area (Å²) in [6, 6.07) is 31.7. The number of fused-ring (bicyclic) bond motifs is 1. The molecule has 0 aliphatic heterocycles. The van der Waals surface area contributed by atoms with E-state index in [4.69, 9.17) is 20.9 Å². The molecular formula is C35H43N4O3+. The van der Waals surface area contributed by atoms with Gasteiger partial charge in [-0.2, -0.15) is 0 Å². The number of nitrogens with one attached hydrogen (secondary N) is 2. The molecule has 0 aliphatic carbocycles. The highest BCUT2D eigenvalue weighted by Crippen LogP contribution is 2.20. The molecule has 0 bridgehead atoms. The van der Waals surface area contributed by atoms with Crippen molar-refractivity contribution in [1.29, 1.82) is 0 Å². The van der Waals surface area contributed by atoms with Crippen molar-refractivity contribution in [1.82, 2.24) is 5.32 Å². The smallest absolute Gasteiger partial charge is 0.339 e. The Balaban J connectivity index is 1.06. The van der Waals surface area contributed by atoms with Gasteiger partial charge < -0.3 is 14.8 Å². The number of unbranched alkanes of at least 4 members (excludes halogenated alkanes) is 5. The molecule has 220 valence electrons. The predicted molar refractivity (Wildman–Crippen MR) is 169 cm³/mol. The van der Waals surface area contributed by atoms with E-state index in [-0.39, 0.29) is 11.9 Å². The Morgan fingerprint density at radius 1 is 0.714 bits per heavy atom. The fourth-order valence-electron chi connectivity index (χ4n) is 4.93. The van der Waals surface area contributed by atoms with Crippen LogP contribution in [0.15, 0.2) is 97.1 Å². The summed E-state index contributed by atoms with van der Waals surface area (Å²) >= 11 is 0. The molecule has 1 atom stereocenters. The zero-order chi connectivity index (χ0) is 29.4. The van der Waals surface area contributed by atoms with Crippen LogP contribution in [-0.4, -0.2) is 31.1 Å². The minimum Gasteiger partial charge on any atom is -0.494 e. The second-order valence-electron chi connectivity index (χ2n) is 10.5. The van der Waals surface area contributed by atoms with Crippen LogP contribution in [0.1, 0.15) is 49.7 Å². The topological polar surface area (TPSA) is 114 Å². The van der Waals surface area contributed by atoms with Crippen molar-refractivity contribution >= 4 is 22.6 Å². The van der Waals surface area contributed by atoms with E-state index in [2.05, 4.69) is 40.6 Å². The molecule has 0 spiro atoms. The van der Waals surface area contributed by atoms with Crippen LogP contribution in [-0.2, 0) is 17.8 Å². The molecular weight excluding hydrogens is 524 g/mol. The van der Waals surface area contributed by atoms with E-state index in [1.807, 2.05) is 66.7 Å². The maximum atomic E-state index is 12.9. The lowest BCUT2D eigenvalue weighted by Crippen LogP contribution is -2.87. The zero-order valence-electron chi connectivity index (χ0n) is 24.3. The predicted octanol–water partition coefficient (Wildman–Crippen LogP) is 4.22. The molecule has 0 aromatic heterocycles. The molecule has 42 heavy (non-hydrogen) atoms. The number of rotatable bonds is 17. The largest absolute Gasteiger partial charge is 0.494 e. The first-order valence-corrected chi connectivity index (χ1v) is 14.9. The molecule has 7 nitrogen and oxygen atoms in total. The van der Waals surface area contributed by atoms with E-state index in [9.17, 15) is 4.79 Å². The van der Waals surface area contributed by atoms with Gasteiger partial charge >= 0.3 is 5.96 Å². The SMILES string of the molecule is NC(N)=[NH+]C(Cc1cccc2ccccc12)C(=O)NCCCCCCCCOc1ccc(OCc2ccccc2)cc1. The number of guanidine groups is 1. The van der Waals surface area contributed by atoms with Gasteiger partial charge in [0.1, 0.15) is 18.1 Å². The van der Waals surface area contributed by atoms with Crippen LogP contribution in [0.2, 0.25) is 0 Å². The minimum absolute atomic E-state index is 0.0456. The summed E-state index contributed by atoms with van der Waals surface area (Å²) in [5.41, 5.74) is 13.6. The number of nitrogens with two attached hydrogens (primary N) is 2. The summed E-state index contributed by atoms with van der Waals surface area (Å²) in [4.78, 5) is 15.9. The van der Waals surface area contributed by atoms with Gasteiger partial charge in [-0.25, -0.2) is 0 Å². The van der Waals surface area contributed by atoms with E-state index in [1.54, 1.807) is 0 Å². The van der Waals surface area contributed by atoms with Crippen LogP contribution in [0, 0.1) is 0 Å². The lowest BCUT2D eigenvalue weighted by molar-refractivity contribution is -0.489. The number of carbonyl (C=O) groups excluding carboxylic acids is 1. The number of carbonyl (C=O) groups is 1. The Hall–Kier alpha value is -4.52. The third kappa shape index (κ3) is 10.1. The Morgan fingerprint density at radius 2 is 1.36 bits per heavy atom. The van der Waals surface area contributed by atoms with Gasteiger partial charge in [0, 0.05) is 13.0 Å². The number of hydrogen-bond acceptors (Lipinski definition) is 3. The highest BCUT2D eigenvalue weighted by molar-refractivity contribution is 5.87. The highest BCUT2D eigenvalue weighted by atomic mass is 16.5.